The first-order valence-electron chi connectivity index (χ1n) is 9.10. The van der Waals surface area contributed by atoms with E-state index in [9.17, 15) is 24.4 Å². The van der Waals surface area contributed by atoms with Crippen LogP contribution in [0.5, 0.6) is 0 Å². The molecule has 1 aromatic rings. The Labute approximate surface area is 194 Å². The lowest BCUT2D eigenvalue weighted by Gasteiger charge is -2.49. The number of carbonyl (C=O) groups excluding carboxylic acids is 4. The van der Waals surface area contributed by atoms with Gasteiger partial charge in [-0.2, -0.15) is 0 Å². The Bertz CT molecular complexity index is 1020. The van der Waals surface area contributed by atoms with E-state index in [-0.39, 0.29) is 23.1 Å². The molecule has 3 rings (SSSR count). The summed E-state index contributed by atoms with van der Waals surface area (Å²) < 4.78 is 18.9. The zero-order chi connectivity index (χ0) is 24.1. The number of methoxy groups -OCH3 is 2. The Morgan fingerprint density at radius 2 is 2.12 bits per heavy atom. The molecular formula is C17H19N5O9S2. The molecule has 0 saturated carbocycles. The fourth-order valence-electron chi connectivity index (χ4n) is 3.03. The van der Waals surface area contributed by atoms with Gasteiger partial charge in [-0.15, -0.1) is 23.1 Å². The number of thioether (sulfide) groups is 1. The van der Waals surface area contributed by atoms with Crippen molar-refractivity contribution in [2.24, 2.45) is 5.16 Å². The van der Waals surface area contributed by atoms with E-state index >= 15 is 0 Å². The van der Waals surface area contributed by atoms with Crippen molar-refractivity contribution in [3.63, 3.8) is 0 Å². The van der Waals surface area contributed by atoms with E-state index in [1.807, 2.05) is 0 Å². The van der Waals surface area contributed by atoms with E-state index in [2.05, 4.69) is 24.9 Å². The van der Waals surface area contributed by atoms with Crippen LogP contribution in [0.15, 0.2) is 21.8 Å². The van der Waals surface area contributed by atoms with Gasteiger partial charge in [-0.1, -0.05) is 5.16 Å². The standard InChI is InChI=1S/C17H19N5O9S2/c1-28-3-7-4-32-14-10(20-12(23)9(21-27)8-5-33-16(18)19-8)13(24)22(14)11(7)15(25)30-6-31-17(26)29-2/h5,10,14,27H,3-4,6H2,1-2H3,(H2,18,19)(H,20,23)/t10?,14-/m1/s1. The molecule has 1 unspecified atom stereocenters. The zero-order valence-corrected chi connectivity index (χ0v) is 18.9. The van der Waals surface area contributed by atoms with Gasteiger partial charge in [0.25, 0.3) is 11.8 Å². The van der Waals surface area contributed by atoms with E-state index in [0.717, 1.165) is 18.4 Å². The molecule has 2 atom stereocenters. The van der Waals surface area contributed by atoms with Gasteiger partial charge in [-0.05, 0) is 5.57 Å². The highest BCUT2D eigenvalue weighted by atomic mass is 32.2. The lowest BCUT2D eigenvalue weighted by molar-refractivity contribution is -0.157. The molecule has 1 aromatic heterocycles. The Balaban J connectivity index is 1.72. The minimum absolute atomic E-state index is 0.0505. The number of ether oxygens (including phenoxy) is 4. The Hall–Kier alpha value is -3.37. The number of β-lactam (4-membered cyclic amide) rings is 1. The lowest BCUT2D eigenvalue weighted by Crippen LogP contribution is -2.71. The van der Waals surface area contributed by atoms with Crippen LogP contribution in [0.3, 0.4) is 0 Å². The number of fused-ring (bicyclic) bond motifs is 1. The number of nitrogen functional groups attached to an aromatic ring is 1. The second kappa shape index (κ2) is 10.5. The summed E-state index contributed by atoms with van der Waals surface area (Å²) in [6, 6.07) is -1.01. The predicted octanol–water partition coefficient (Wildman–Crippen LogP) is -0.512. The fraction of sp³-hybridized carbons (Fsp3) is 0.412. The molecule has 178 valence electrons. The largest absolute Gasteiger partial charge is 0.510 e. The molecule has 0 aliphatic carbocycles. The highest BCUT2D eigenvalue weighted by Gasteiger charge is 2.54. The lowest BCUT2D eigenvalue weighted by atomic mass is 10.0. The molecule has 1 fully saturated rings. The SMILES string of the molecule is COCC1=C(C(=O)OCOC(=O)OC)N2C(=O)C(NC(=O)C(=NO)c3csc(N)n3)[C@H]2SC1. The molecule has 0 spiro atoms. The van der Waals surface area contributed by atoms with Crippen molar-refractivity contribution < 1.29 is 43.3 Å². The summed E-state index contributed by atoms with van der Waals surface area (Å²) in [6.45, 7) is -0.669. The van der Waals surface area contributed by atoms with Gasteiger partial charge in [-0.25, -0.2) is 14.6 Å². The minimum Gasteiger partial charge on any atom is -0.438 e. The summed E-state index contributed by atoms with van der Waals surface area (Å²) in [5.74, 6) is -2.04. The van der Waals surface area contributed by atoms with Crippen molar-refractivity contribution in [1.82, 2.24) is 15.2 Å². The quantitative estimate of drug-likeness (QED) is 0.103. The molecule has 2 aliphatic heterocycles. The highest BCUT2D eigenvalue weighted by molar-refractivity contribution is 8.00. The summed E-state index contributed by atoms with van der Waals surface area (Å²) in [5, 5.41) is 15.6. The number of nitrogens with one attached hydrogen (secondary N) is 1. The van der Waals surface area contributed by atoms with Crippen molar-refractivity contribution in [3.8, 4) is 0 Å². The topological polar surface area (TPSA) is 192 Å². The number of aromatic nitrogens is 1. The maximum atomic E-state index is 12.8. The number of thiazole rings is 1. The number of oxime groups is 1. The zero-order valence-electron chi connectivity index (χ0n) is 17.3. The molecule has 0 bridgehead atoms. The van der Waals surface area contributed by atoms with Gasteiger partial charge in [0.15, 0.2) is 10.8 Å². The number of hydrogen-bond donors (Lipinski definition) is 3. The number of rotatable bonds is 8. The van der Waals surface area contributed by atoms with E-state index in [1.165, 1.54) is 29.2 Å². The summed E-state index contributed by atoms with van der Waals surface area (Å²) in [6.07, 6.45) is -1.04. The van der Waals surface area contributed by atoms with Crippen LogP contribution in [0.25, 0.3) is 0 Å². The van der Waals surface area contributed by atoms with Gasteiger partial charge in [0.05, 0.1) is 13.7 Å². The predicted molar refractivity (Wildman–Crippen MR) is 113 cm³/mol. The molecule has 4 N–H and O–H groups in total. The number of esters is 1. The number of nitrogens with zero attached hydrogens (tertiary/aromatic N) is 3. The third-order valence-electron chi connectivity index (χ3n) is 4.46. The van der Waals surface area contributed by atoms with E-state index in [1.54, 1.807) is 0 Å². The van der Waals surface area contributed by atoms with Crippen LogP contribution < -0.4 is 11.1 Å². The van der Waals surface area contributed by atoms with E-state index in [0.29, 0.717) is 11.3 Å². The van der Waals surface area contributed by atoms with E-state index < -0.39 is 47.9 Å². The van der Waals surface area contributed by atoms with Crippen molar-refractivity contribution >= 4 is 57.9 Å². The van der Waals surface area contributed by atoms with Crippen LogP contribution >= 0.6 is 23.1 Å². The van der Waals surface area contributed by atoms with Crippen molar-refractivity contribution in [2.45, 2.75) is 11.4 Å². The summed E-state index contributed by atoms with van der Waals surface area (Å²) >= 11 is 2.34. The van der Waals surface area contributed by atoms with Gasteiger partial charge in [0.2, 0.25) is 6.79 Å². The number of amides is 2. The average molecular weight is 501 g/mol. The smallest absolute Gasteiger partial charge is 0.438 e. The van der Waals surface area contributed by atoms with Crippen molar-refractivity contribution in [1.29, 1.82) is 0 Å². The Kier molecular flexibility index (Phi) is 7.72. The molecule has 0 aromatic carbocycles. The van der Waals surface area contributed by atoms with Gasteiger partial charge < -0.3 is 35.2 Å². The second-order valence-electron chi connectivity index (χ2n) is 6.41. The third kappa shape index (κ3) is 5.01. The van der Waals surface area contributed by atoms with Gasteiger partial charge in [0.1, 0.15) is 22.8 Å². The van der Waals surface area contributed by atoms with Crippen LogP contribution in [-0.4, -0.2) is 89.5 Å². The maximum Gasteiger partial charge on any atom is 0.510 e. The van der Waals surface area contributed by atoms with E-state index in [4.69, 9.17) is 15.2 Å². The Morgan fingerprint density at radius 3 is 2.73 bits per heavy atom. The maximum absolute atomic E-state index is 12.8. The van der Waals surface area contributed by atoms with Crippen molar-refractivity contribution in [3.05, 3.63) is 22.3 Å². The van der Waals surface area contributed by atoms with Gasteiger partial charge in [0, 0.05) is 18.2 Å². The van der Waals surface area contributed by atoms with Crippen molar-refractivity contribution in [2.75, 3.05) is 39.1 Å². The normalized spacial score (nSPS) is 20.0. The highest BCUT2D eigenvalue weighted by Crippen LogP contribution is 2.40. The molecule has 2 aliphatic rings. The first-order valence-corrected chi connectivity index (χ1v) is 11.0. The van der Waals surface area contributed by atoms with Gasteiger partial charge in [-0.3, -0.25) is 14.5 Å². The molecule has 16 heteroatoms. The molecule has 33 heavy (non-hydrogen) atoms. The van der Waals surface area contributed by atoms with Crippen LogP contribution in [0.4, 0.5) is 9.93 Å². The number of anilines is 1. The van der Waals surface area contributed by atoms with Crippen LogP contribution in [-0.2, 0) is 33.3 Å². The average Bonchev–Trinajstić information content (AvgIpc) is 3.23. The van der Waals surface area contributed by atoms with Crippen LogP contribution in [0.2, 0.25) is 0 Å². The van der Waals surface area contributed by atoms with Gasteiger partial charge >= 0.3 is 12.1 Å². The molecule has 3 heterocycles. The third-order valence-corrected chi connectivity index (χ3v) is 6.47. The first-order chi connectivity index (χ1) is 15.8. The fourth-order valence-corrected chi connectivity index (χ4v) is 4.91. The molecule has 2 amide bonds. The second-order valence-corrected chi connectivity index (χ2v) is 8.41. The summed E-state index contributed by atoms with van der Waals surface area (Å²) in [7, 11) is 2.52. The van der Waals surface area contributed by atoms with Crippen LogP contribution in [0, 0.1) is 0 Å². The van der Waals surface area contributed by atoms with Crippen LogP contribution in [0.1, 0.15) is 5.69 Å². The monoisotopic (exact) mass is 501 g/mol. The summed E-state index contributed by atoms with van der Waals surface area (Å²) in [4.78, 5) is 54.1. The molecular weight excluding hydrogens is 482 g/mol. The minimum atomic E-state index is -1.04. The number of nitrogens with two attached hydrogens (primary N) is 1. The number of carbonyl (C=O) groups is 4. The molecule has 0 radical (unpaired) electrons. The first kappa shape index (κ1) is 24.3. The summed E-state index contributed by atoms with van der Waals surface area (Å²) in [5.41, 5.74) is 5.60. The molecule has 1 saturated heterocycles. The Morgan fingerprint density at radius 1 is 1.36 bits per heavy atom. The number of hydrogen-bond acceptors (Lipinski definition) is 14. The molecule has 14 nitrogen and oxygen atoms in total.